The van der Waals surface area contributed by atoms with Crippen molar-refractivity contribution in [3.05, 3.63) is 65.0 Å². The summed E-state index contributed by atoms with van der Waals surface area (Å²) in [6.45, 7) is 3.65. The van der Waals surface area contributed by atoms with Gasteiger partial charge >= 0.3 is 0 Å². The number of nitrogens with zero attached hydrogens (tertiary/aromatic N) is 1. The molecule has 0 saturated carbocycles. The molecule has 0 saturated heterocycles. The molecule has 0 aliphatic heterocycles. The third-order valence-corrected chi connectivity index (χ3v) is 2.88. The molecule has 1 amide bonds. The Morgan fingerprint density at radius 2 is 2.18 bits per heavy atom. The number of allylic oxidation sites excluding steroid dienone is 1. The summed E-state index contributed by atoms with van der Waals surface area (Å²) in [7, 11) is 0. The van der Waals surface area contributed by atoms with E-state index in [0.717, 1.165) is 0 Å². The van der Waals surface area contributed by atoms with Crippen LogP contribution in [0.1, 0.15) is 10.4 Å². The quantitative estimate of drug-likeness (QED) is 0.734. The molecular weight excluding hydrogens is 282 g/mol. The zero-order valence-corrected chi connectivity index (χ0v) is 11.7. The number of pyridine rings is 1. The van der Waals surface area contributed by atoms with Gasteiger partial charge in [-0.15, -0.1) is 0 Å². The zero-order valence-electron chi connectivity index (χ0n) is 11.7. The number of H-pyrrole nitrogens is 1. The van der Waals surface area contributed by atoms with Crippen LogP contribution in [-0.2, 0) is 0 Å². The molecule has 1 heterocycles. The van der Waals surface area contributed by atoms with Gasteiger partial charge in [0.25, 0.3) is 5.91 Å². The smallest absolute Gasteiger partial charge is 0.260 e. The molecule has 2 aromatic rings. The molecule has 6 nitrogen and oxygen atoms in total. The first-order chi connectivity index (χ1) is 10.6. The maximum absolute atomic E-state index is 12.3. The van der Waals surface area contributed by atoms with Crippen LogP contribution in [0.5, 0.6) is 5.88 Å². The van der Waals surface area contributed by atoms with Crippen LogP contribution >= 0.6 is 0 Å². The number of amides is 1. The number of aromatic amines is 1. The minimum atomic E-state index is -0.651. The first-order valence-corrected chi connectivity index (χ1v) is 6.56. The van der Waals surface area contributed by atoms with Gasteiger partial charge in [-0.1, -0.05) is 24.8 Å². The lowest BCUT2D eigenvalue weighted by Crippen LogP contribution is -2.29. The van der Waals surface area contributed by atoms with Crippen molar-refractivity contribution in [2.45, 2.75) is 0 Å². The Morgan fingerprint density at radius 3 is 2.95 bits per heavy atom. The standard InChI is InChI=1S/C16H15N3O3/c1-2-8-17-9-5-10-18-15(21)13-14(20)11-6-3-4-7-12(11)19-16(13)22/h2-9H,1,10H2,(H,18,21)(H2,19,20,22)/b9-5-,17-8-. The molecule has 0 atom stereocenters. The number of para-hydroxylation sites is 1. The van der Waals surface area contributed by atoms with E-state index in [1.54, 1.807) is 30.3 Å². The van der Waals surface area contributed by atoms with Crippen molar-refractivity contribution in [1.29, 1.82) is 0 Å². The minimum absolute atomic E-state index is 0.180. The maximum Gasteiger partial charge on any atom is 0.260 e. The number of aromatic nitrogens is 1. The fourth-order valence-corrected chi connectivity index (χ4v) is 1.90. The Balaban J connectivity index is 2.21. The van der Waals surface area contributed by atoms with E-state index in [4.69, 9.17) is 0 Å². The van der Waals surface area contributed by atoms with Crippen LogP contribution in [0.25, 0.3) is 10.9 Å². The molecule has 22 heavy (non-hydrogen) atoms. The normalized spacial score (nSPS) is 11.3. The molecular formula is C16H15N3O3. The summed E-state index contributed by atoms with van der Waals surface area (Å²) in [5.74, 6) is -1.10. The van der Waals surface area contributed by atoms with Gasteiger partial charge in [0.05, 0.1) is 5.52 Å². The first kappa shape index (κ1) is 15.2. The fraction of sp³-hybridized carbons (Fsp3) is 0.0625. The number of carbonyl (C=O) groups is 1. The molecule has 0 spiro atoms. The van der Waals surface area contributed by atoms with Gasteiger partial charge in [-0.2, -0.15) is 0 Å². The van der Waals surface area contributed by atoms with E-state index in [1.807, 2.05) is 0 Å². The zero-order chi connectivity index (χ0) is 15.9. The van der Waals surface area contributed by atoms with Crippen LogP contribution < -0.4 is 10.7 Å². The third-order valence-electron chi connectivity index (χ3n) is 2.88. The first-order valence-electron chi connectivity index (χ1n) is 6.56. The molecule has 1 aromatic heterocycles. The number of aromatic hydroxyl groups is 1. The van der Waals surface area contributed by atoms with Gasteiger partial charge in [-0.05, 0) is 18.2 Å². The van der Waals surface area contributed by atoms with Crippen LogP contribution in [0.2, 0.25) is 0 Å². The van der Waals surface area contributed by atoms with Gasteiger partial charge in [0.15, 0.2) is 0 Å². The highest BCUT2D eigenvalue weighted by molar-refractivity contribution is 5.99. The molecule has 0 aliphatic carbocycles. The van der Waals surface area contributed by atoms with Crippen molar-refractivity contribution in [3.8, 4) is 5.88 Å². The van der Waals surface area contributed by atoms with Crippen LogP contribution in [0.3, 0.4) is 0 Å². The third kappa shape index (κ3) is 3.29. The summed E-state index contributed by atoms with van der Waals surface area (Å²) in [6, 6.07) is 6.66. The van der Waals surface area contributed by atoms with E-state index >= 15 is 0 Å². The molecule has 1 aromatic carbocycles. The summed E-state index contributed by atoms with van der Waals surface area (Å²) < 4.78 is 0. The highest BCUT2D eigenvalue weighted by Gasteiger charge is 2.17. The van der Waals surface area contributed by atoms with E-state index in [1.165, 1.54) is 18.5 Å². The highest BCUT2D eigenvalue weighted by Crippen LogP contribution is 2.15. The molecule has 2 rings (SSSR count). The van der Waals surface area contributed by atoms with E-state index in [9.17, 15) is 14.7 Å². The second kappa shape index (κ2) is 7.03. The summed E-state index contributed by atoms with van der Waals surface area (Å²) in [5.41, 5.74) is -0.347. The number of benzene rings is 1. The average molecular weight is 297 g/mol. The van der Waals surface area contributed by atoms with Crippen LogP contribution in [0.4, 0.5) is 0 Å². The van der Waals surface area contributed by atoms with Crippen LogP contribution in [-0.4, -0.2) is 28.8 Å². The Labute approximate surface area is 126 Å². The number of fused-ring (bicyclic) bond motifs is 1. The minimum Gasteiger partial charge on any atom is -0.494 e. The number of hydrogen-bond acceptors (Lipinski definition) is 4. The predicted octanol–water partition coefficient (Wildman–Crippen LogP) is 1.73. The summed E-state index contributed by atoms with van der Waals surface area (Å²) >= 11 is 0. The molecule has 0 bridgehead atoms. The molecule has 0 aliphatic rings. The lowest BCUT2D eigenvalue weighted by Gasteiger charge is -2.06. The Kier molecular flexibility index (Phi) is 4.87. The largest absolute Gasteiger partial charge is 0.494 e. The Hall–Kier alpha value is -3.15. The summed E-state index contributed by atoms with van der Waals surface area (Å²) in [6.07, 6.45) is 6.12. The van der Waals surface area contributed by atoms with Gasteiger partial charge < -0.3 is 15.4 Å². The maximum atomic E-state index is 12.3. The molecule has 112 valence electrons. The predicted molar refractivity (Wildman–Crippen MR) is 86.4 cm³/mol. The average Bonchev–Trinajstić information content (AvgIpc) is 2.51. The van der Waals surface area contributed by atoms with Gasteiger partial charge in [0.1, 0.15) is 5.56 Å². The monoisotopic (exact) mass is 297 g/mol. The lowest BCUT2D eigenvalue weighted by molar-refractivity contribution is 0.0954. The number of nitrogens with one attached hydrogen (secondary N) is 2. The van der Waals surface area contributed by atoms with Gasteiger partial charge in [0.2, 0.25) is 11.3 Å². The van der Waals surface area contributed by atoms with Crippen LogP contribution in [0.15, 0.2) is 59.0 Å². The number of rotatable bonds is 5. The van der Waals surface area contributed by atoms with Gasteiger partial charge in [0, 0.05) is 24.3 Å². The molecule has 0 unspecified atom stereocenters. The van der Waals surface area contributed by atoms with E-state index < -0.39 is 17.2 Å². The fourth-order valence-electron chi connectivity index (χ4n) is 1.90. The molecule has 3 N–H and O–H groups in total. The summed E-state index contributed by atoms with van der Waals surface area (Å²) in [5, 5.41) is 12.7. The van der Waals surface area contributed by atoms with E-state index in [2.05, 4.69) is 21.9 Å². The van der Waals surface area contributed by atoms with Crippen molar-refractivity contribution in [3.63, 3.8) is 0 Å². The number of hydrogen-bond donors (Lipinski definition) is 3. The molecule has 0 fully saturated rings. The SMILES string of the molecule is C=C/C=N\C=C/CNC(=O)c1c(O)[nH]c2ccccc2c1=O. The van der Waals surface area contributed by atoms with Crippen molar-refractivity contribution in [1.82, 2.24) is 10.3 Å². The van der Waals surface area contributed by atoms with Gasteiger partial charge in [-0.25, -0.2) is 0 Å². The van der Waals surface area contributed by atoms with Crippen molar-refractivity contribution in [2.75, 3.05) is 6.54 Å². The number of aliphatic imine (C=N–C) groups is 1. The second-order valence-corrected chi connectivity index (χ2v) is 4.35. The van der Waals surface area contributed by atoms with Gasteiger partial charge in [-0.3, -0.25) is 14.6 Å². The van der Waals surface area contributed by atoms with Crippen molar-refractivity contribution < 1.29 is 9.90 Å². The van der Waals surface area contributed by atoms with Crippen molar-refractivity contribution >= 4 is 23.0 Å². The van der Waals surface area contributed by atoms with Crippen molar-refractivity contribution in [2.24, 2.45) is 4.99 Å². The highest BCUT2D eigenvalue weighted by atomic mass is 16.3. The second-order valence-electron chi connectivity index (χ2n) is 4.35. The summed E-state index contributed by atoms with van der Waals surface area (Å²) in [4.78, 5) is 30.8. The number of carbonyl (C=O) groups excluding carboxylic acids is 1. The Morgan fingerprint density at radius 1 is 1.41 bits per heavy atom. The Bertz CT molecular complexity index is 819. The lowest BCUT2D eigenvalue weighted by atomic mass is 10.1. The van der Waals surface area contributed by atoms with Crippen LogP contribution in [0, 0.1) is 0 Å². The molecule has 6 heteroatoms. The van der Waals surface area contributed by atoms with E-state index in [0.29, 0.717) is 10.9 Å². The topological polar surface area (TPSA) is 94.5 Å². The van der Waals surface area contributed by atoms with E-state index in [-0.39, 0.29) is 12.1 Å². The molecule has 0 radical (unpaired) electrons.